The number of ether oxygens (including phenoxy) is 2. The zero-order valence-corrected chi connectivity index (χ0v) is 23.3. The van der Waals surface area contributed by atoms with Gasteiger partial charge in [0.2, 0.25) is 11.8 Å². The van der Waals surface area contributed by atoms with Crippen LogP contribution in [0.25, 0.3) is 33.3 Å². The van der Waals surface area contributed by atoms with Gasteiger partial charge in [0.1, 0.15) is 18.1 Å². The van der Waals surface area contributed by atoms with Crippen LogP contribution in [0.5, 0.6) is 11.6 Å². The molecule has 1 aromatic carbocycles. The number of amides is 1. The van der Waals surface area contributed by atoms with Crippen molar-refractivity contribution in [3.63, 3.8) is 0 Å². The van der Waals surface area contributed by atoms with Gasteiger partial charge in [-0.1, -0.05) is 6.08 Å². The number of phosphoric acid groups is 1. The van der Waals surface area contributed by atoms with Gasteiger partial charge in [-0.2, -0.15) is 0 Å². The molecule has 3 heterocycles. The van der Waals surface area contributed by atoms with Crippen LogP contribution >= 0.6 is 7.82 Å². The minimum atomic E-state index is -4.71. The van der Waals surface area contributed by atoms with E-state index in [1.807, 2.05) is 37.2 Å². The molecule has 1 amide bonds. The number of carbonyl (C=O) groups is 1. The molecule has 0 radical (unpaired) electrons. The van der Waals surface area contributed by atoms with Gasteiger partial charge in [-0.05, 0) is 49.5 Å². The Labute approximate surface area is 231 Å². The van der Waals surface area contributed by atoms with Crippen molar-refractivity contribution in [2.75, 3.05) is 40.2 Å². The molecular weight excluding hydrogens is 537 g/mol. The average Bonchev–Trinajstić information content (AvgIpc) is 3.29. The van der Waals surface area contributed by atoms with E-state index in [1.165, 1.54) is 17.8 Å². The second-order valence-corrected chi connectivity index (χ2v) is 10.3. The molecule has 0 spiro atoms. The molecule has 0 atom stereocenters. The van der Waals surface area contributed by atoms with Crippen molar-refractivity contribution >= 4 is 30.5 Å². The predicted molar refractivity (Wildman–Crippen MR) is 151 cm³/mol. The van der Waals surface area contributed by atoms with Crippen LogP contribution < -0.4 is 14.8 Å². The smallest absolute Gasteiger partial charge is 0.471 e. The first kappa shape index (κ1) is 28.9. The Kier molecular flexibility index (Phi) is 8.98. The van der Waals surface area contributed by atoms with Crippen LogP contribution in [0.4, 0.5) is 5.69 Å². The third kappa shape index (κ3) is 7.32. The Hall–Kier alpha value is -4.06. The number of carbonyl (C=O) groups excluding carboxylic acids is 1. The van der Waals surface area contributed by atoms with E-state index in [9.17, 15) is 19.1 Å². The van der Waals surface area contributed by atoms with Crippen molar-refractivity contribution in [1.29, 1.82) is 0 Å². The highest BCUT2D eigenvalue weighted by Crippen LogP contribution is 2.39. The monoisotopic (exact) mass is 567 g/mol. The molecule has 4 aromatic rings. The molecule has 210 valence electrons. The maximum atomic E-state index is 12.4. The number of benzene rings is 1. The summed E-state index contributed by atoms with van der Waals surface area (Å²) >= 11 is 0. The topological polar surface area (TPSA) is 148 Å². The van der Waals surface area contributed by atoms with Gasteiger partial charge in [0.15, 0.2) is 0 Å². The van der Waals surface area contributed by atoms with Gasteiger partial charge in [0.05, 0.1) is 14.2 Å². The van der Waals surface area contributed by atoms with Gasteiger partial charge in [-0.15, -0.1) is 0 Å². The number of aromatic nitrogens is 3. The van der Waals surface area contributed by atoms with E-state index >= 15 is 0 Å². The first-order chi connectivity index (χ1) is 19.1. The predicted octanol–water partition coefficient (Wildman–Crippen LogP) is 3.91. The number of nitrogens with one attached hydrogen (secondary N) is 1. The molecule has 0 bridgehead atoms. The average molecular weight is 568 g/mol. The number of anilines is 1. The maximum Gasteiger partial charge on any atom is 0.471 e. The molecule has 3 N–H and O–H groups in total. The zero-order valence-electron chi connectivity index (χ0n) is 22.4. The van der Waals surface area contributed by atoms with Crippen molar-refractivity contribution in [3.8, 4) is 33.9 Å². The summed E-state index contributed by atoms with van der Waals surface area (Å²) in [6.07, 6.45) is 8.17. The Morgan fingerprint density at radius 1 is 1.07 bits per heavy atom. The lowest BCUT2D eigenvalue weighted by atomic mass is 10.0. The van der Waals surface area contributed by atoms with E-state index in [2.05, 4.69) is 15.3 Å². The molecule has 0 fully saturated rings. The summed E-state index contributed by atoms with van der Waals surface area (Å²) in [4.78, 5) is 41.6. The molecule has 12 nitrogen and oxygen atoms in total. The van der Waals surface area contributed by atoms with E-state index in [-0.39, 0.29) is 5.91 Å². The maximum absolute atomic E-state index is 12.4. The normalized spacial score (nSPS) is 11.9. The minimum Gasteiger partial charge on any atom is -0.497 e. The van der Waals surface area contributed by atoms with Crippen molar-refractivity contribution in [2.24, 2.45) is 0 Å². The molecule has 0 aliphatic heterocycles. The number of likely N-dealkylation sites (N-methyl/N-ethyl adjacent to an activating group) is 1. The fourth-order valence-electron chi connectivity index (χ4n) is 3.99. The summed E-state index contributed by atoms with van der Waals surface area (Å²) < 4.78 is 28.4. The molecule has 3 aromatic heterocycles. The van der Waals surface area contributed by atoms with Crippen LogP contribution in [0.2, 0.25) is 0 Å². The van der Waals surface area contributed by atoms with Crippen LogP contribution in [-0.4, -0.2) is 70.0 Å². The minimum absolute atomic E-state index is 0.273. The van der Waals surface area contributed by atoms with E-state index in [4.69, 9.17) is 14.0 Å². The van der Waals surface area contributed by atoms with Crippen LogP contribution in [0, 0.1) is 0 Å². The summed E-state index contributed by atoms with van der Waals surface area (Å²) in [5, 5.41) is 3.56. The largest absolute Gasteiger partial charge is 0.497 e. The standard InChI is InChI=1S/C27H30N5O7P/c1-31(2)9-5-6-25(33)30-21-10-19(11-22(14-21)37-3)20-12-23-24(18-7-8-28-26(13-18)38-4)16-32(27(23)29-15-20)17-39-40(34,35)36/h5-8,10-16H,9,17H2,1-4H3,(H,30,33)(H2,34,35,36)/b6-5+. The van der Waals surface area contributed by atoms with Gasteiger partial charge in [-0.3, -0.25) is 9.32 Å². The molecule has 0 aliphatic carbocycles. The van der Waals surface area contributed by atoms with Crippen LogP contribution in [0.1, 0.15) is 0 Å². The van der Waals surface area contributed by atoms with E-state index in [0.29, 0.717) is 34.9 Å². The molecule has 0 saturated carbocycles. The number of phosphoric ester groups is 1. The number of nitrogens with zero attached hydrogens (tertiary/aromatic N) is 4. The second-order valence-electron chi connectivity index (χ2n) is 9.05. The SMILES string of the molecule is COc1cc(NC(=O)/C=C/CN(C)C)cc(-c2cnc3c(c2)c(-c2ccnc(OC)c2)cn3COP(=O)(O)O)c1. The fraction of sp³-hybridized carbons (Fsp3) is 0.222. The molecule has 40 heavy (non-hydrogen) atoms. The summed E-state index contributed by atoms with van der Waals surface area (Å²) in [6, 6.07) is 10.8. The number of pyridine rings is 2. The van der Waals surface area contributed by atoms with Crippen LogP contribution in [0.3, 0.4) is 0 Å². The van der Waals surface area contributed by atoms with Crippen LogP contribution in [-0.2, 0) is 20.6 Å². The molecule has 0 aliphatic rings. The number of hydrogen-bond donors (Lipinski definition) is 3. The van der Waals surface area contributed by atoms with Crippen molar-refractivity contribution < 1.29 is 33.1 Å². The zero-order chi connectivity index (χ0) is 28.9. The Morgan fingerprint density at radius 2 is 1.88 bits per heavy atom. The second kappa shape index (κ2) is 12.4. The Bertz CT molecular complexity index is 1600. The summed E-state index contributed by atoms with van der Waals surface area (Å²) in [7, 11) is 2.17. The van der Waals surface area contributed by atoms with E-state index < -0.39 is 14.6 Å². The lowest BCUT2D eigenvalue weighted by Gasteiger charge is -2.11. The Morgan fingerprint density at radius 3 is 2.58 bits per heavy atom. The van der Waals surface area contributed by atoms with Gasteiger partial charge in [-0.25, -0.2) is 14.5 Å². The number of hydrogen-bond acceptors (Lipinski definition) is 8. The quantitative estimate of drug-likeness (QED) is 0.180. The number of rotatable bonds is 11. The highest BCUT2D eigenvalue weighted by atomic mass is 31.2. The third-order valence-electron chi connectivity index (χ3n) is 5.82. The van der Waals surface area contributed by atoms with Gasteiger partial charge >= 0.3 is 7.82 Å². The fourth-order valence-corrected chi connectivity index (χ4v) is 4.27. The first-order valence-electron chi connectivity index (χ1n) is 12.1. The van der Waals surface area contributed by atoms with Gasteiger partial charge in [0.25, 0.3) is 0 Å². The molecule has 4 rings (SSSR count). The Balaban J connectivity index is 1.77. The van der Waals surface area contributed by atoms with Crippen molar-refractivity contribution in [1.82, 2.24) is 19.4 Å². The van der Waals surface area contributed by atoms with Crippen molar-refractivity contribution in [3.05, 3.63) is 67.1 Å². The van der Waals surface area contributed by atoms with E-state index in [1.54, 1.807) is 50.0 Å². The van der Waals surface area contributed by atoms with Crippen molar-refractivity contribution in [2.45, 2.75) is 6.73 Å². The number of fused-ring (bicyclic) bond motifs is 1. The lowest BCUT2D eigenvalue weighted by molar-refractivity contribution is -0.111. The third-order valence-corrected chi connectivity index (χ3v) is 6.27. The summed E-state index contributed by atoms with van der Waals surface area (Å²) in [6.45, 7) is 0.221. The van der Waals surface area contributed by atoms with Gasteiger partial charge in [0, 0.05) is 65.5 Å². The highest BCUT2D eigenvalue weighted by Gasteiger charge is 2.18. The lowest BCUT2D eigenvalue weighted by Crippen LogP contribution is -2.13. The van der Waals surface area contributed by atoms with Crippen LogP contribution in [0.15, 0.2) is 67.1 Å². The molecular formula is C27H30N5O7P. The molecule has 0 saturated heterocycles. The highest BCUT2D eigenvalue weighted by molar-refractivity contribution is 7.46. The van der Waals surface area contributed by atoms with E-state index in [0.717, 1.165) is 22.3 Å². The van der Waals surface area contributed by atoms with Gasteiger partial charge < -0.3 is 34.0 Å². The number of methoxy groups -OCH3 is 2. The summed E-state index contributed by atoms with van der Waals surface area (Å²) in [5.41, 5.74) is 3.93. The molecule has 0 unspecified atom stereocenters. The first-order valence-corrected chi connectivity index (χ1v) is 13.6. The summed E-state index contributed by atoms with van der Waals surface area (Å²) in [5.74, 6) is 0.671. The molecule has 13 heteroatoms.